The van der Waals surface area contributed by atoms with E-state index in [-0.39, 0.29) is 5.82 Å². The van der Waals surface area contributed by atoms with Gasteiger partial charge in [-0.1, -0.05) is 11.6 Å². The van der Waals surface area contributed by atoms with Crippen LogP contribution in [-0.2, 0) is 9.31 Å². The Morgan fingerprint density at radius 2 is 1.74 bits per heavy atom. The van der Waals surface area contributed by atoms with Gasteiger partial charge in [0, 0.05) is 5.02 Å². The predicted molar refractivity (Wildman–Crippen MR) is 74.4 cm³/mol. The van der Waals surface area contributed by atoms with E-state index in [4.69, 9.17) is 26.6 Å². The SMILES string of the molecule is CC1(C)OB([C@@H](N)c2cc(F)ccc2Cl)OC1(C)C. The Hall–Kier alpha value is -0.615. The molecule has 6 heteroatoms. The molecule has 1 heterocycles. The summed E-state index contributed by atoms with van der Waals surface area (Å²) in [6, 6.07) is 4.10. The van der Waals surface area contributed by atoms with E-state index >= 15 is 0 Å². The smallest absolute Gasteiger partial charge is 0.402 e. The molecular formula is C13H18BClFNO2. The highest BCUT2D eigenvalue weighted by Crippen LogP contribution is 2.40. The summed E-state index contributed by atoms with van der Waals surface area (Å²) in [6.45, 7) is 7.75. The molecule has 0 unspecified atom stereocenters. The zero-order chi connectivity index (χ0) is 14.4. The lowest BCUT2D eigenvalue weighted by atomic mass is 9.75. The van der Waals surface area contributed by atoms with Gasteiger partial charge in [-0.2, -0.15) is 0 Å². The lowest BCUT2D eigenvalue weighted by molar-refractivity contribution is 0.00578. The summed E-state index contributed by atoms with van der Waals surface area (Å²) in [4.78, 5) is 0. The van der Waals surface area contributed by atoms with Crippen LogP contribution in [0.1, 0.15) is 39.2 Å². The molecule has 1 aliphatic rings. The summed E-state index contributed by atoms with van der Waals surface area (Å²) in [5, 5.41) is 0.406. The van der Waals surface area contributed by atoms with Crippen LogP contribution in [0.4, 0.5) is 4.39 Å². The zero-order valence-electron chi connectivity index (χ0n) is 11.5. The van der Waals surface area contributed by atoms with E-state index in [0.717, 1.165) is 0 Å². The van der Waals surface area contributed by atoms with Crippen molar-refractivity contribution < 1.29 is 13.7 Å². The molecule has 104 valence electrons. The third-order valence-corrected chi connectivity index (χ3v) is 4.23. The molecule has 0 saturated carbocycles. The van der Waals surface area contributed by atoms with Crippen molar-refractivity contribution in [2.75, 3.05) is 0 Å². The molecule has 0 radical (unpaired) electrons. The van der Waals surface area contributed by atoms with Gasteiger partial charge in [-0.3, -0.25) is 0 Å². The quantitative estimate of drug-likeness (QED) is 0.849. The maximum Gasteiger partial charge on any atom is 0.480 e. The van der Waals surface area contributed by atoms with Crippen LogP contribution in [0.25, 0.3) is 0 Å². The van der Waals surface area contributed by atoms with Crippen molar-refractivity contribution >= 4 is 18.7 Å². The summed E-state index contributed by atoms with van der Waals surface area (Å²) in [5.41, 5.74) is 5.64. The molecule has 2 N–H and O–H groups in total. The molecule has 1 aromatic carbocycles. The topological polar surface area (TPSA) is 44.5 Å². The number of hydrogen-bond donors (Lipinski definition) is 1. The molecule has 0 bridgehead atoms. The molecule has 3 nitrogen and oxygen atoms in total. The van der Waals surface area contributed by atoms with Gasteiger partial charge < -0.3 is 15.0 Å². The largest absolute Gasteiger partial charge is 0.480 e. The molecule has 1 atom stereocenters. The second-order valence-corrected chi connectivity index (χ2v) is 6.22. The van der Waals surface area contributed by atoms with Gasteiger partial charge in [0.2, 0.25) is 0 Å². The Labute approximate surface area is 118 Å². The van der Waals surface area contributed by atoms with Crippen LogP contribution >= 0.6 is 11.6 Å². The lowest BCUT2D eigenvalue weighted by Crippen LogP contribution is -2.41. The van der Waals surface area contributed by atoms with Crippen LogP contribution in [0.2, 0.25) is 5.02 Å². The normalized spacial score (nSPS) is 22.6. The second-order valence-electron chi connectivity index (χ2n) is 5.82. The number of rotatable bonds is 2. The summed E-state index contributed by atoms with van der Waals surface area (Å²) in [6.07, 6.45) is 0. The molecule has 0 amide bonds. The van der Waals surface area contributed by atoms with E-state index in [1.807, 2.05) is 27.7 Å². The van der Waals surface area contributed by atoms with Crippen LogP contribution in [0.3, 0.4) is 0 Å². The minimum Gasteiger partial charge on any atom is -0.402 e. The summed E-state index contributed by atoms with van der Waals surface area (Å²) in [7, 11) is -0.649. The van der Waals surface area contributed by atoms with Crippen molar-refractivity contribution in [1.29, 1.82) is 0 Å². The van der Waals surface area contributed by atoms with Crippen molar-refractivity contribution in [2.45, 2.75) is 44.8 Å². The molecule has 1 aromatic rings. The Bertz CT molecular complexity index is 480. The highest BCUT2D eigenvalue weighted by Gasteiger charge is 2.53. The third kappa shape index (κ3) is 2.65. The molecule has 1 fully saturated rings. The van der Waals surface area contributed by atoms with E-state index in [1.54, 1.807) is 0 Å². The third-order valence-electron chi connectivity index (χ3n) is 3.88. The van der Waals surface area contributed by atoms with Crippen LogP contribution in [0.5, 0.6) is 0 Å². The monoisotopic (exact) mass is 285 g/mol. The van der Waals surface area contributed by atoms with Gasteiger partial charge in [-0.25, -0.2) is 4.39 Å². The van der Waals surface area contributed by atoms with Crippen LogP contribution < -0.4 is 5.73 Å². The van der Waals surface area contributed by atoms with Crippen molar-refractivity contribution in [3.8, 4) is 0 Å². The number of nitrogens with two attached hydrogens (primary N) is 1. The van der Waals surface area contributed by atoms with Crippen LogP contribution in [-0.4, -0.2) is 18.3 Å². The number of hydrogen-bond acceptors (Lipinski definition) is 3. The first-order chi connectivity index (χ1) is 8.64. The van der Waals surface area contributed by atoms with E-state index in [0.29, 0.717) is 10.6 Å². The Balaban J connectivity index is 2.27. The molecule has 1 aliphatic heterocycles. The highest BCUT2D eigenvalue weighted by molar-refractivity contribution is 6.48. The van der Waals surface area contributed by atoms with Crippen molar-refractivity contribution in [2.24, 2.45) is 5.73 Å². The average Bonchev–Trinajstić information content (AvgIpc) is 2.51. The first-order valence-corrected chi connectivity index (χ1v) is 6.58. The predicted octanol–water partition coefficient (Wildman–Crippen LogP) is 3.11. The van der Waals surface area contributed by atoms with E-state index < -0.39 is 24.3 Å². The van der Waals surface area contributed by atoms with Gasteiger partial charge in [0.1, 0.15) is 5.82 Å². The van der Waals surface area contributed by atoms with Gasteiger partial charge in [0.15, 0.2) is 0 Å². The standard InChI is InChI=1S/C13H18BClFNO2/c1-12(2)13(3,4)19-14(18-12)11(17)9-7-8(16)5-6-10(9)15/h5-7,11H,17H2,1-4H3/t11-/m0/s1. The minimum atomic E-state index is -0.649. The maximum atomic E-state index is 13.3. The van der Waals surface area contributed by atoms with Gasteiger partial charge in [0.05, 0.1) is 17.1 Å². The van der Waals surface area contributed by atoms with Crippen LogP contribution in [0, 0.1) is 5.82 Å². The molecule has 0 spiro atoms. The fourth-order valence-corrected chi connectivity index (χ4v) is 2.20. The summed E-state index contributed by atoms with van der Waals surface area (Å²) >= 11 is 6.05. The fourth-order valence-electron chi connectivity index (χ4n) is 1.95. The minimum absolute atomic E-state index is 0.383. The summed E-state index contributed by atoms with van der Waals surface area (Å²) in [5.74, 6) is -1.02. The second kappa shape index (κ2) is 4.74. The molecule has 19 heavy (non-hydrogen) atoms. The molecular weight excluding hydrogens is 267 g/mol. The van der Waals surface area contributed by atoms with E-state index in [9.17, 15) is 4.39 Å². The Morgan fingerprint density at radius 3 is 2.26 bits per heavy atom. The fraction of sp³-hybridized carbons (Fsp3) is 0.538. The van der Waals surface area contributed by atoms with E-state index in [1.165, 1.54) is 18.2 Å². The van der Waals surface area contributed by atoms with Crippen molar-refractivity contribution in [3.05, 3.63) is 34.6 Å². The van der Waals surface area contributed by atoms with Crippen LogP contribution in [0.15, 0.2) is 18.2 Å². The molecule has 0 aromatic heterocycles. The molecule has 0 aliphatic carbocycles. The summed E-state index contributed by atoms with van der Waals surface area (Å²) < 4.78 is 25.0. The lowest BCUT2D eigenvalue weighted by Gasteiger charge is -2.32. The van der Waals surface area contributed by atoms with Gasteiger partial charge in [-0.05, 0) is 51.5 Å². The van der Waals surface area contributed by atoms with Gasteiger partial charge in [-0.15, -0.1) is 0 Å². The number of halogens is 2. The molecule has 2 rings (SSSR count). The molecule has 1 saturated heterocycles. The maximum absolute atomic E-state index is 13.3. The van der Waals surface area contributed by atoms with E-state index in [2.05, 4.69) is 0 Å². The highest BCUT2D eigenvalue weighted by atomic mass is 35.5. The van der Waals surface area contributed by atoms with Gasteiger partial charge in [0.25, 0.3) is 0 Å². The zero-order valence-corrected chi connectivity index (χ0v) is 12.3. The van der Waals surface area contributed by atoms with Gasteiger partial charge >= 0.3 is 7.12 Å². The average molecular weight is 286 g/mol. The first-order valence-electron chi connectivity index (χ1n) is 6.20. The Morgan fingerprint density at radius 1 is 1.21 bits per heavy atom. The first kappa shape index (κ1) is 14.8. The Kier molecular flexibility index (Phi) is 3.69. The van der Waals surface area contributed by atoms with Crippen molar-refractivity contribution in [3.63, 3.8) is 0 Å². The van der Waals surface area contributed by atoms with Crippen molar-refractivity contribution in [1.82, 2.24) is 0 Å². The number of benzene rings is 1.